The average molecular weight is 315 g/mol. The number of nitrogen functional groups attached to an aromatic ring is 1. The van der Waals surface area contributed by atoms with Crippen molar-refractivity contribution in [1.82, 2.24) is 0 Å². The maximum absolute atomic E-state index is 6.16. The molecule has 102 valence electrons. The van der Waals surface area contributed by atoms with E-state index in [0.29, 0.717) is 15.7 Å². The molecule has 3 N–H and O–H groups in total. The quantitative estimate of drug-likeness (QED) is 0.780. The van der Waals surface area contributed by atoms with Gasteiger partial charge in [0.1, 0.15) is 0 Å². The number of thiophene rings is 1. The lowest BCUT2D eigenvalue weighted by Gasteiger charge is -2.17. The van der Waals surface area contributed by atoms with E-state index in [-0.39, 0.29) is 6.04 Å². The van der Waals surface area contributed by atoms with E-state index in [2.05, 4.69) is 31.3 Å². The van der Waals surface area contributed by atoms with E-state index in [0.717, 1.165) is 12.1 Å². The van der Waals surface area contributed by atoms with Gasteiger partial charge in [-0.1, -0.05) is 23.2 Å². The zero-order valence-corrected chi connectivity index (χ0v) is 13.2. The number of hydrogen-bond acceptors (Lipinski definition) is 3. The fourth-order valence-electron chi connectivity index (χ4n) is 1.92. The summed E-state index contributed by atoms with van der Waals surface area (Å²) in [4.78, 5) is 2.67. The highest BCUT2D eigenvalue weighted by atomic mass is 35.5. The maximum Gasteiger partial charge on any atom is 0.0722 e. The van der Waals surface area contributed by atoms with Crippen LogP contribution in [0, 0.1) is 6.92 Å². The van der Waals surface area contributed by atoms with Gasteiger partial charge < -0.3 is 11.1 Å². The summed E-state index contributed by atoms with van der Waals surface area (Å²) in [5, 5.41) is 4.46. The molecule has 0 radical (unpaired) electrons. The standard InChI is InChI=1S/C14H16Cl2N2S/c1-8(5-11-4-3-9(2)19-11)18-14-12(15)6-10(17)7-13(14)16/h3-4,6-8,18H,5,17H2,1-2H3. The van der Waals surface area contributed by atoms with Crippen molar-refractivity contribution in [1.29, 1.82) is 0 Å². The van der Waals surface area contributed by atoms with E-state index in [9.17, 15) is 0 Å². The minimum absolute atomic E-state index is 0.247. The van der Waals surface area contributed by atoms with Crippen LogP contribution in [0.5, 0.6) is 0 Å². The van der Waals surface area contributed by atoms with Crippen LogP contribution in [0.2, 0.25) is 10.0 Å². The molecule has 0 aliphatic rings. The molecule has 0 aliphatic carbocycles. The summed E-state index contributed by atoms with van der Waals surface area (Å²) in [5.74, 6) is 0. The molecule has 0 spiro atoms. The fourth-order valence-corrected chi connectivity index (χ4v) is 3.56. The summed E-state index contributed by atoms with van der Waals surface area (Å²) in [6.07, 6.45) is 0.940. The number of halogens is 2. The number of aryl methyl sites for hydroxylation is 1. The van der Waals surface area contributed by atoms with Crippen LogP contribution in [0.25, 0.3) is 0 Å². The monoisotopic (exact) mass is 314 g/mol. The lowest BCUT2D eigenvalue weighted by Crippen LogP contribution is -2.18. The number of nitrogens with two attached hydrogens (primary N) is 1. The second-order valence-corrected chi connectivity index (χ2v) is 6.81. The minimum atomic E-state index is 0.247. The first-order valence-electron chi connectivity index (χ1n) is 6.02. The van der Waals surface area contributed by atoms with Gasteiger partial charge in [0.2, 0.25) is 0 Å². The van der Waals surface area contributed by atoms with Gasteiger partial charge in [-0.15, -0.1) is 11.3 Å². The second-order valence-electron chi connectivity index (χ2n) is 4.62. The summed E-state index contributed by atoms with van der Waals surface area (Å²) >= 11 is 14.1. The SMILES string of the molecule is Cc1ccc(CC(C)Nc2c(Cl)cc(N)cc2Cl)s1. The lowest BCUT2D eigenvalue weighted by atomic mass is 10.2. The van der Waals surface area contributed by atoms with Gasteiger partial charge in [-0.3, -0.25) is 0 Å². The van der Waals surface area contributed by atoms with Crippen molar-refractivity contribution in [2.24, 2.45) is 0 Å². The van der Waals surface area contributed by atoms with Crippen LogP contribution < -0.4 is 11.1 Å². The van der Waals surface area contributed by atoms with Gasteiger partial charge in [0.15, 0.2) is 0 Å². The molecule has 2 nitrogen and oxygen atoms in total. The van der Waals surface area contributed by atoms with Gasteiger partial charge in [0, 0.05) is 27.9 Å². The van der Waals surface area contributed by atoms with Gasteiger partial charge in [0.25, 0.3) is 0 Å². The van der Waals surface area contributed by atoms with Gasteiger partial charge in [-0.05, 0) is 38.1 Å². The summed E-state index contributed by atoms with van der Waals surface area (Å²) in [5.41, 5.74) is 7.01. The van der Waals surface area contributed by atoms with Crippen LogP contribution in [-0.2, 0) is 6.42 Å². The van der Waals surface area contributed by atoms with E-state index >= 15 is 0 Å². The van der Waals surface area contributed by atoms with Crippen molar-refractivity contribution < 1.29 is 0 Å². The molecule has 5 heteroatoms. The Morgan fingerprint density at radius 2 is 1.89 bits per heavy atom. The highest BCUT2D eigenvalue weighted by molar-refractivity contribution is 7.11. The molecule has 0 amide bonds. The Kier molecular flexibility index (Phi) is 4.61. The van der Waals surface area contributed by atoms with Crippen LogP contribution in [0.15, 0.2) is 24.3 Å². The summed E-state index contributed by atoms with van der Waals surface area (Å²) in [6, 6.07) is 7.95. The largest absolute Gasteiger partial charge is 0.399 e. The van der Waals surface area contributed by atoms with Crippen molar-refractivity contribution in [3.63, 3.8) is 0 Å². The Hall–Kier alpha value is -0.900. The lowest BCUT2D eigenvalue weighted by molar-refractivity contribution is 0.801. The van der Waals surface area contributed by atoms with Crippen LogP contribution in [0.3, 0.4) is 0 Å². The normalized spacial score (nSPS) is 12.4. The van der Waals surface area contributed by atoms with E-state index in [4.69, 9.17) is 28.9 Å². The molecule has 1 unspecified atom stereocenters. The molecule has 2 aromatic rings. The third-order valence-electron chi connectivity index (χ3n) is 2.76. The van der Waals surface area contributed by atoms with Crippen molar-refractivity contribution in [3.8, 4) is 0 Å². The summed E-state index contributed by atoms with van der Waals surface area (Å²) in [7, 11) is 0. The first-order chi connectivity index (χ1) is 8.95. The molecule has 0 fully saturated rings. The zero-order valence-electron chi connectivity index (χ0n) is 10.8. The van der Waals surface area contributed by atoms with E-state index < -0.39 is 0 Å². The minimum Gasteiger partial charge on any atom is -0.399 e. The molecule has 0 aliphatic heterocycles. The van der Waals surface area contributed by atoms with Crippen molar-refractivity contribution >= 4 is 45.9 Å². The first-order valence-corrected chi connectivity index (χ1v) is 7.59. The third kappa shape index (κ3) is 3.78. The first kappa shape index (κ1) is 14.5. The number of nitrogens with one attached hydrogen (secondary N) is 1. The van der Waals surface area contributed by atoms with E-state index in [1.54, 1.807) is 12.1 Å². The maximum atomic E-state index is 6.16. The second kappa shape index (κ2) is 6.04. The molecular formula is C14H16Cl2N2S. The number of hydrogen-bond donors (Lipinski definition) is 2. The van der Waals surface area contributed by atoms with Crippen molar-refractivity contribution in [3.05, 3.63) is 44.1 Å². The summed E-state index contributed by atoms with van der Waals surface area (Å²) in [6.45, 7) is 4.22. The molecule has 0 saturated carbocycles. The molecule has 1 aromatic heterocycles. The van der Waals surface area contributed by atoms with Crippen molar-refractivity contribution in [2.45, 2.75) is 26.3 Å². The molecule has 19 heavy (non-hydrogen) atoms. The molecule has 0 saturated heterocycles. The highest BCUT2D eigenvalue weighted by Gasteiger charge is 2.11. The zero-order chi connectivity index (χ0) is 14.0. The van der Waals surface area contributed by atoms with Crippen LogP contribution >= 0.6 is 34.5 Å². The number of rotatable bonds is 4. The highest BCUT2D eigenvalue weighted by Crippen LogP contribution is 2.33. The summed E-state index contributed by atoms with van der Waals surface area (Å²) < 4.78 is 0. The molecule has 1 aromatic carbocycles. The van der Waals surface area contributed by atoms with E-state index in [1.165, 1.54) is 9.75 Å². The Morgan fingerprint density at radius 1 is 1.26 bits per heavy atom. The Labute approximate surface area is 127 Å². The molecule has 0 bridgehead atoms. The number of benzene rings is 1. The molecule has 2 rings (SSSR count). The topological polar surface area (TPSA) is 38.0 Å². The van der Waals surface area contributed by atoms with Gasteiger partial charge in [-0.2, -0.15) is 0 Å². The Bertz CT molecular complexity index is 558. The Morgan fingerprint density at radius 3 is 2.42 bits per heavy atom. The number of anilines is 2. The van der Waals surface area contributed by atoms with Crippen LogP contribution in [0.4, 0.5) is 11.4 Å². The third-order valence-corrected chi connectivity index (χ3v) is 4.38. The van der Waals surface area contributed by atoms with Crippen LogP contribution in [-0.4, -0.2) is 6.04 Å². The average Bonchev–Trinajstić information content (AvgIpc) is 2.69. The Balaban J connectivity index is 2.08. The predicted octanol–water partition coefficient (Wildman–Crippen LogP) is 4.99. The predicted molar refractivity (Wildman–Crippen MR) is 86.7 cm³/mol. The smallest absolute Gasteiger partial charge is 0.0722 e. The molecule has 1 atom stereocenters. The van der Waals surface area contributed by atoms with E-state index in [1.807, 2.05) is 11.3 Å². The van der Waals surface area contributed by atoms with Crippen molar-refractivity contribution in [2.75, 3.05) is 11.1 Å². The molecular weight excluding hydrogens is 299 g/mol. The van der Waals surface area contributed by atoms with Gasteiger partial charge in [0.05, 0.1) is 15.7 Å². The fraction of sp³-hybridized carbons (Fsp3) is 0.286. The van der Waals surface area contributed by atoms with Gasteiger partial charge in [-0.25, -0.2) is 0 Å². The van der Waals surface area contributed by atoms with Crippen LogP contribution in [0.1, 0.15) is 16.7 Å². The van der Waals surface area contributed by atoms with Gasteiger partial charge >= 0.3 is 0 Å². The molecule has 1 heterocycles.